The second kappa shape index (κ2) is 0.980. The zero-order valence-electron chi connectivity index (χ0n) is 5.00. The highest BCUT2D eigenvalue weighted by Crippen LogP contribution is 2.16. The maximum absolute atomic E-state index is 2.95. The predicted molar refractivity (Wildman–Crippen MR) is 42.6 cm³/mol. The maximum atomic E-state index is 2.95. The van der Waals surface area contributed by atoms with Crippen LogP contribution in [0.1, 0.15) is 0 Å². The summed E-state index contributed by atoms with van der Waals surface area (Å²) in [6, 6.07) is 0. The summed E-state index contributed by atoms with van der Waals surface area (Å²) in [4.78, 5) is 0. The first kappa shape index (κ1) is 4.48. The molecule has 4 rings (SSSR count). The van der Waals surface area contributed by atoms with Gasteiger partial charge in [0.15, 0.2) is 0 Å². The van der Waals surface area contributed by atoms with Gasteiger partial charge in [0.2, 0.25) is 0 Å². The van der Waals surface area contributed by atoms with Gasteiger partial charge in [0.05, 0.1) is 0 Å². The summed E-state index contributed by atoms with van der Waals surface area (Å²) in [6.45, 7) is 0. The van der Waals surface area contributed by atoms with Gasteiger partial charge in [0, 0.05) is 0 Å². The van der Waals surface area contributed by atoms with Crippen molar-refractivity contribution in [2.45, 2.75) is 0 Å². The van der Waals surface area contributed by atoms with Crippen LogP contribution in [-0.4, -0.2) is 16.1 Å². The normalized spacial score (nSPS) is 25.6. The molecule has 0 nitrogen and oxygen atoms in total. The Kier molecular flexibility index (Phi) is 0.439. The summed E-state index contributed by atoms with van der Waals surface area (Å²) >= 11 is 0. The molecule has 0 bridgehead atoms. The Morgan fingerprint density at radius 3 is 0.600 bits per heavy atom. The molecule has 0 aromatic heterocycles. The van der Waals surface area contributed by atoms with Gasteiger partial charge in [-0.25, -0.2) is 0 Å². The molecule has 0 fully saturated rings. The van der Waals surface area contributed by atoms with Crippen LogP contribution < -0.4 is 0 Å². The smallest absolute Gasteiger partial charge is 0.0918 e. The van der Waals surface area contributed by atoms with Crippen molar-refractivity contribution in [2.24, 2.45) is 0 Å². The molecule has 0 aromatic carbocycles. The standard InChI is InChI=1S/2C4Si/c2*1-2-5(1)3-4-5. The largest absolute Gasteiger partial charge is 0.367 e. The zero-order chi connectivity index (χ0) is 6.66. The van der Waals surface area contributed by atoms with Crippen molar-refractivity contribution in [1.29, 1.82) is 0 Å². The molecule has 2 heteroatoms. The highest BCUT2D eigenvalue weighted by atomic mass is 28.3. The van der Waals surface area contributed by atoms with Crippen molar-refractivity contribution in [1.82, 2.24) is 0 Å². The van der Waals surface area contributed by atoms with Gasteiger partial charge >= 0.3 is 16.1 Å². The van der Waals surface area contributed by atoms with E-state index in [0.717, 1.165) is 0 Å². The Bertz CT molecular complexity index is 347. The van der Waals surface area contributed by atoms with E-state index in [4.69, 9.17) is 0 Å². The second-order valence-electron chi connectivity index (χ2n) is 2.50. The van der Waals surface area contributed by atoms with Crippen LogP contribution >= 0.6 is 0 Å². The Balaban J connectivity index is 0.0000000720. The first-order chi connectivity index (χ1) is 4.83. The number of hydrogen-bond donors (Lipinski definition) is 0. The molecule has 10 heavy (non-hydrogen) atoms. The molecule has 4 aliphatic heterocycles. The molecule has 0 saturated heterocycles. The van der Waals surface area contributed by atoms with Crippen molar-refractivity contribution in [3.8, 4) is 44.3 Å². The molecule has 40 valence electrons. The summed E-state index contributed by atoms with van der Waals surface area (Å²) in [7, 11) is -2.22. The van der Waals surface area contributed by atoms with Crippen molar-refractivity contribution < 1.29 is 0 Å². The van der Waals surface area contributed by atoms with Crippen LogP contribution in [-0.2, 0) is 0 Å². The first-order valence-electron chi connectivity index (χ1n) is 3.00. The van der Waals surface area contributed by atoms with Gasteiger partial charge in [-0.3, -0.25) is 0 Å². The van der Waals surface area contributed by atoms with Crippen LogP contribution in [0.15, 0.2) is 0 Å². The summed E-state index contributed by atoms with van der Waals surface area (Å²) in [5.74, 6) is 0. The van der Waals surface area contributed by atoms with Crippen LogP contribution in [0.3, 0.4) is 0 Å². The minimum atomic E-state index is -1.11. The molecule has 0 radical (unpaired) electrons. The molecule has 0 N–H and O–H groups in total. The van der Waals surface area contributed by atoms with Gasteiger partial charge in [-0.2, -0.15) is 0 Å². The Hall–Kier alpha value is -1.33. The van der Waals surface area contributed by atoms with Crippen LogP contribution in [0.4, 0.5) is 0 Å². The fourth-order valence-corrected chi connectivity index (χ4v) is 3.00. The van der Waals surface area contributed by atoms with E-state index in [9.17, 15) is 0 Å². The Labute approximate surface area is 61.0 Å². The van der Waals surface area contributed by atoms with Crippen LogP contribution in [0, 0.1) is 44.3 Å². The first-order valence-corrected chi connectivity index (χ1v) is 7.00. The summed E-state index contributed by atoms with van der Waals surface area (Å²) in [6.07, 6.45) is 0. The quantitative estimate of drug-likeness (QED) is 0.316. The maximum Gasteiger partial charge on any atom is 0.367 e. The fourth-order valence-electron chi connectivity index (χ4n) is 0.500. The van der Waals surface area contributed by atoms with E-state index in [1.807, 2.05) is 0 Å². The molecule has 0 atom stereocenters. The minimum absolute atomic E-state index is 1.11. The molecule has 4 aliphatic rings. The molecule has 0 aliphatic carbocycles. The van der Waals surface area contributed by atoms with Crippen molar-refractivity contribution in [3.05, 3.63) is 0 Å². The lowest BCUT2D eigenvalue weighted by Gasteiger charge is -1.57. The monoisotopic (exact) mass is 152 g/mol. The van der Waals surface area contributed by atoms with Gasteiger partial charge in [-0.1, -0.05) is 44.3 Å². The Morgan fingerprint density at radius 2 is 0.600 bits per heavy atom. The van der Waals surface area contributed by atoms with E-state index in [1.165, 1.54) is 0 Å². The van der Waals surface area contributed by atoms with Gasteiger partial charge in [-0.05, 0) is 0 Å². The van der Waals surface area contributed by atoms with E-state index in [-0.39, 0.29) is 0 Å². The van der Waals surface area contributed by atoms with Gasteiger partial charge < -0.3 is 0 Å². The summed E-state index contributed by atoms with van der Waals surface area (Å²) < 4.78 is 0. The average molecular weight is 152 g/mol. The van der Waals surface area contributed by atoms with E-state index in [1.54, 1.807) is 0 Å². The van der Waals surface area contributed by atoms with Crippen molar-refractivity contribution >= 4 is 16.1 Å². The van der Waals surface area contributed by atoms with Crippen molar-refractivity contribution in [3.63, 3.8) is 0 Å². The highest BCUT2D eigenvalue weighted by molar-refractivity contribution is 7.22. The van der Waals surface area contributed by atoms with Crippen molar-refractivity contribution in [2.75, 3.05) is 0 Å². The van der Waals surface area contributed by atoms with E-state index in [0.29, 0.717) is 0 Å². The lowest BCUT2D eigenvalue weighted by atomic mass is 11.4. The third-order valence-electron chi connectivity index (χ3n) is 1.50. The van der Waals surface area contributed by atoms with Crippen LogP contribution in [0.2, 0.25) is 0 Å². The van der Waals surface area contributed by atoms with Gasteiger partial charge in [0.1, 0.15) is 0 Å². The topological polar surface area (TPSA) is 0 Å². The van der Waals surface area contributed by atoms with E-state index < -0.39 is 16.1 Å². The SMILES string of the molecule is C1#C[Si]12C#C2.C1#C[Si]12C#C2. The van der Waals surface area contributed by atoms with Gasteiger partial charge in [-0.15, -0.1) is 0 Å². The van der Waals surface area contributed by atoms with Crippen LogP contribution in [0.5, 0.6) is 0 Å². The predicted octanol–water partition coefficient (Wildman–Crippen LogP) is -0.748. The molecule has 2 spiro atoms. The molecule has 0 aromatic rings. The minimum Gasteiger partial charge on any atom is -0.0918 e. The third kappa shape index (κ3) is 0.616. The molecule has 4 heterocycles. The highest BCUT2D eigenvalue weighted by Gasteiger charge is 2.43. The zero-order valence-corrected chi connectivity index (χ0v) is 7.00. The lowest BCUT2D eigenvalue weighted by Crippen LogP contribution is -1.96. The molecule has 0 unspecified atom stereocenters. The van der Waals surface area contributed by atoms with Gasteiger partial charge in [0.25, 0.3) is 0 Å². The fraction of sp³-hybridized carbons (Fsp3) is 0. The molecule has 0 saturated carbocycles. The lowest BCUT2D eigenvalue weighted by molar-refractivity contribution is 3.01. The van der Waals surface area contributed by atoms with E-state index >= 15 is 0 Å². The number of rotatable bonds is 0. The Morgan fingerprint density at radius 1 is 0.400 bits per heavy atom. The third-order valence-corrected chi connectivity index (χ3v) is 4.50. The second-order valence-corrected chi connectivity index (χ2v) is 7.50. The molecular formula is C8Si2. The van der Waals surface area contributed by atoms with Crippen LogP contribution in [0.25, 0.3) is 0 Å². The average Bonchev–Trinajstić information content (AvgIpc) is 2.81. The summed E-state index contributed by atoms with van der Waals surface area (Å²) in [5.41, 5.74) is 23.6. The summed E-state index contributed by atoms with van der Waals surface area (Å²) in [5, 5.41) is 0. The van der Waals surface area contributed by atoms with E-state index in [2.05, 4.69) is 44.3 Å². The molecular weight excluding hydrogens is 152 g/mol. The molecule has 0 amide bonds. The number of hydrogen-bond acceptors (Lipinski definition) is 0.